The molecule has 27 heavy (non-hydrogen) atoms. The average Bonchev–Trinajstić information content (AvgIpc) is 3.11. The molecular weight excluding hydrogens is 342 g/mol. The third-order valence-corrected chi connectivity index (χ3v) is 6.68. The minimum Gasteiger partial charge on any atom is -0.365 e. The number of anilines is 1. The van der Waals surface area contributed by atoms with Crippen LogP contribution < -0.4 is 10.6 Å². The van der Waals surface area contributed by atoms with E-state index in [1.54, 1.807) is 18.3 Å². The van der Waals surface area contributed by atoms with E-state index in [4.69, 9.17) is 5.73 Å². The van der Waals surface area contributed by atoms with E-state index in [-0.39, 0.29) is 5.41 Å². The Kier molecular flexibility index (Phi) is 4.80. The van der Waals surface area contributed by atoms with Gasteiger partial charge in [0.2, 0.25) is 5.91 Å². The number of nitrogens with zero attached hydrogens (tertiary/aromatic N) is 4. The second-order valence-electron chi connectivity index (χ2n) is 8.45. The number of piperidine rings is 2. The van der Waals surface area contributed by atoms with E-state index < -0.39 is 5.91 Å². The first kappa shape index (κ1) is 18.2. The molecule has 7 nitrogen and oxygen atoms in total. The first-order valence-electron chi connectivity index (χ1n) is 9.95. The number of pyridine rings is 1. The molecule has 1 aromatic heterocycles. The van der Waals surface area contributed by atoms with Gasteiger partial charge in [-0.15, -0.1) is 0 Å². The summed E-state index contributed by atoms with van der Waals surface area (Å²) >= 11 is 0. The highest BCUT2D eigenvalue weighted by Gasteiger charge is 2.44. The molecule has 1 atom stereocenters. The van der Waals surface area contributed by atoms with Crippen molar-refractivity contribution in [3.63, 3.8) is 0 Å². The maximum absolute atomic E-state index is 12.6. The van der Waals surface area contributed by atoms with Crippen molar-refractivity contribution in [3.8, 4) is 0 Å². The zero-order valence-corrected chi connectivity index (χ0v) is 16.1. The second-order valence-corrected chi connectivity index (χ2v) is 8.45. The zero-order valence-electron chi connectivity index (χ0n) is 16.1. The van der Waals surface area contributed by atoms with E-state index in [2.05, 4.69) is 26.7 Å². The number of hydrogen-bond acceptors (Lipinski definition) is 5. The molecule has 3 fully saturated rings. The predicted octanol–water partition coefficient (Wildman–Crippen LogP) is 1.09. The van der Waals surface area contributed by atoms with E-state index in [0.29, 0.717) is 29.8 Å². The fourth-order valence-electron chi connectivity index (χ4n) is 4.99. The summed E-state index contributed by atoms with van der Waals surface area (Å²) in [6.07, 6.45) is 6.48. The van der Waals surface area contributed by atoms with Crippen molar-refractivity contribution in [2.45, 2.75) is 38.1 Å². The Hall–Kier alpha value is -2.15. The third kappa shape index (κ3) is 3.52. The summed E-state index contributed by atoms with van der Waals surface area (Å²) in [6, 6.07) is 3.86. The Bertz CT molecular complexity index is 729. The smallest absolute Gasteiger partial charge is 0.252 e. The Balaban J connectivity index is 1.45. The minimum atomic E-state index is -0.432. The van der Waals surface area contributed by atoms with Crippen molar-refractivity contribution >= 4 is 17.6 Å². The number of carbonyl (C=O) groups excluding carboxylic acids is 2. The van der Waals surface area contributed by atoms with Crippen LogP contribution in [0.25, 0.3) is 0 Å². The lowest BCUT2D eigenvalue weighted by atomic mass is 9.72. The fourth-order valence-corrected chi connectivity index (χ4v) is 4.99. The maximum Gasteiger partial charge on any atom is 0.252 e. The summed E-state index contributed by atoms with van der Waals surface area (Å²) in [7, 11) is 2.13. The molecule has 4 rings (SSSR count). The summed E-state index contributed by atoms with van der Waals surface area (Å²) < 4.78 is 0. The van der Waals surface area contributed by atoms with Crippen LogP contribution in [0.15, 0.2) is 18.3 Å². The summed E-state index contributed by atoms with van der Waals surface area (Å²) in [5, 5.41) is 0. The van der Waals surface area contributed by atoms with Gasteiger partial charge < -0.3 is 20.4 Å². The molecule has 1 aromatic rings. The van der Waals surface area contributed by atoms with E-state index in [1.165, 1.54) is 0 Å². The number of hydrogen-bond donors (Lipinski definition) is 1. The summed E-state index contributed by atoms with van der Waals surface area (Å²) in [5.41, 5.74) is 6.21. The number of nitrogens with two attached hydrogens (primary N) is 1. The molecule has 0 saturated carbocycles. The summed E-state index contributed by atoms with van der Waals surface area (Å²) in [4.78, 5) is 35.3. The van der Waals surface area contributed by atoms with Gasteiger partial charge in [-0.25, -0.2) is 4.98 Å². The Morgan fingerprint density at radius 1 is 1.26 bits per heavy atom. The van der Waals surface area contributed by atoms with Crippen LogP contribution in [0, 0.1) is 5.41 Å². The van der Waals surface area contributed by atoms with Crippen LogP contribution >= 0.6 is 0 Å². The molecule has 3 aliphatic rings. The van der Waals surface area contributed by atoms with Gasteiger partial charge in [-0.05, 0) is 56.8 Å². The van der Waals surface area contributed by atoms with Gasteiger partial charge in [0.25, 0.3) is 5.91 Å². The highest BCUT2D eigenvalue weighted by Crippen LogP contribution is 2.42. The van der Waals surface area contributed by atoms with E-state index in [0.717, 1.165) is 58.4 Å². The molecule has 0 radical (unpaired) electrons. The number of aromatic nitrogens is 1. The van der Waals surface area contributed by atoms with Gasteiger partial charge in [0, 0.05) is 44.8 Å². The highest BCUT2D eigenvalue weighted by molar-refractivity contribution is 5.97. The predicted molar refractivity (Wildman–Crippen MR) is 103 cm³/mol. The number of primary amides is 1. The lowest BCUT2D eigenvalue weighted by molar-refractivity contribution is -0.141. The lowest BCUT2D eigenvalue weighted by Gasteiger charge is -2.49. The molecule has 4 heterocycles. The van der Waals surface area contributed by atoms with E-state index in [1.807, 2.05) is 0 Å². The fraction of sp³-hybridized carbons (Fsp3) is 0.650. The van der Waals surface area contributed by atoms with Gasteiger partial charge in [-0.2, -0.15) is 0 Å². The number of rotatable bonds is 3. The van der Waals surface area contributed by atoms with Crippen LogP contribution in [0.4, 0.5) is 5.82 Å². The Morgan fingerprint density at radius 3 is 2.70 bits per heavy atom. The summed E-state index contributed by atoms with van der Waals surface area (Å²) in [5.74, 6) is 0.586. The summed E-state index contributed by atoms with van der Waals surface area (Å²) in [6.45, 7) is 4.64. The lowest BCUT2D eigenvalue weighted by Crippen LogP contribution is -2.55. The number of amides is 2. The van der Waals surface area contributed by atoms with Crippen LogP contribution in [0.2, 0.25) is 0 Å². The molecule has 0 bridgehead atoms. The van der Waals surface area contributed by atoms with Crippen molar-refractivity contribution in [2.24, 2.45) is 11.1 Å². The Morgan fingerprint density at radius 2 is 2.04 bits per heavy atom. The molecule has 146 valence electrons. The topological polar surface area (TPSA) is 82.8 Å². The van der Waals surface area contributed by atoms with E-state index >= 15 is 0 Å². The molecule has 1 spiro atoms. The van der Waals surface area contributed by atoms with Gasteiger partial charge >= 0.3 is 0 Å². The van der Waals surface area contributed by atoms with E-state index in [9.17, 15) is 9.59 Å². The molecule has 2 N–H and O–H groups in total. The van der Waals surface area contributed by atoms with Crippen molar-refractivity contribution < 1.29 is 9.59 Å². The standard InChI is InChI=1S/C20H29N5O2/c1-23-10-5-15(13-23)25-14-20(6-4-17(25)26)7-11-24(12-8-20)19-16(18(21)27)3-2-9-22-19/h2-3,9,15H,4-8,10-14H2,1H3,(H2,21,27)/t15-/m1/s1. The van der Waals surface area contributed by atoms with Gasteiger partial charge in [0.1, 0.15) is 5.82 Å². The first-order valence-corrected chi connectivity index (χ1v) is 9.95. The van der Waals surface area contributed by atoms with Crippen LogP contribution in [-0.2, 0) is 4.79 Å². The van der Waals surface area contributed by atoms with Gasteiger partial charge in [0.05, 0.1) is 5.56 Å². The molecule has 3 aliphatic heterocycles. The normalized spacial score (nSPS) is 26.0. The van der Waals surface area contributed by atoms with Crippen LogP contribution in [-0.4, -0.2) is 72.4 Å². The minimum absolute atomic E-state index is 0.202. The highest BCUT2D eigenvalue weighted by atomic mass is 16.2. The SMILES string of the molecule is CN1CC[C@@H](N2CC3(CCC2=O)CCN(c2ncccc2C(N)=O)CC3)C1. The van der Waals surface area contributed by atoms with Crippen LogP contribution in [0.5, 0.6) is 0 Å². The van der Waals surface area contributed by atoms with Gasteiger partial charge in [0.15, 0.2) is 0 Å². The third-order valence-electron chi connectivity index (χ3n) is 6.68. The first-order chi connectivity index (χ1) is 13.0. The van der Waals surface area contributed by atoms with Crippen molar-refractivity contribution in [3.05, 3.63) is 23.9 Å². The van der Waals surface area contributed by atoms with Gasteiger partial charge in [-0.3, -0.25) is 9.59 Å². The Labute approximate surface area is 160 Å². The second kappa shape index (κ2) is 7.11. The van der Waals surface area contributed by atoms with Crippen LogP contribution in [0.3, 0.4) is 0 Å². The average molecular weight is 371 g/mol. The number of likely N-dealkylation sites (N-methyl/N-ethyl adjacent to an activating group) is 1. The quantitative estimate of drug-likeness (QED) is 0.860. The maximum atomic E-state index is 12.6. The van der Waals surface area contributed by atoms with Crippen LogP contribution in [0.1, 0.15) is 42.5 Å². The molecular formula is C20H29N5O2. The molecule has 0 aromatic carbocycles. The molecule has 2 amide bonds. The molecule has 7 heteroatoms. The number of carbonyl (C=O) groups is 2. The molecule has 3 saturated heterocycles. The molecule has 0 aliphatic carbocycles. The van der Waals surface area contributed by atoms with Gasteiger partial charge in [-0.1, -0.05) is 0 Å². The van der Waals surface area contributed by atoms with Crippen molar-refractivity contribution in [1.29, 1.82) is 0 Å². The largest absolute Gasteiger partial charge is 0.365 e. The number of likely N-dealkylation sites (tertiary alicyclic amines) is 2. The van der Waals surface area contributed by atoms with Crippen molar-refractivity contribution in [1.82, 2.24) is 14.8 Å². The van der Waals surface area contributed by atoms with Crippen molar-refractivity contribution in [2.75, 3.05) is 44.7 Å². The monoisotopic (exact) mass is 371 g/mol. The zero-order chi connectivity index (χ0) is 19.0. The molecule has 0 unspecified atom stereocenters.